The molecule has 0 saturated carbocycles. The van der Waals surface area contributed by atoms with E-state index in [4.69, 9.17) is 0 Å². The van der Waals surface area contributed by atoms with Crippen molar-refractivity contribution in [2.75, 3.05) is 22.1 Å². The lowest BCUT2D eigenvalue weighted by atomic mass is 10.3. The van der Waals surface area contributed by atoms with Crippen LogP contribution in [0.25, 0.3) is 0 Å². The zero-order valence-corrected chi connectivity index (χ0v) is 12.8. The normalized spacial score (nSPS) is 19.7. The fraction of sp³-hybridized carbons (Fsp3) is 0.357. The first kappa shape index (κ1) is 14.7. The van der Waals surface area contributed by atoms with Gasteiger partial charge in [-0.25, -0.2) is 13.4 Å². The quantitative estimate of drug-likeness (QED) is 0.851. The molecule has 2 aromatic rings. The molecule has 2 aromatic heterocycles. The van der Waals surface area contributed by atoms with E-state index in [9.17, 15) is 8.42 Å². The standard InChI is InChI=1S/C14H17N5O2S/c20-22(21)8-5-12(10-22)18-14-16-7-4-13(19-14)17-9-11-3-1-2-6-15-11/h1-4,6-7,12H,5,8-10H2,(H2,16,17,18,19). The van der Waals surface area contributed by atoms with Crippen LogP contribution in [0.5, 0.6) is 0 Å². The molecule has 0 radical (unpaired) electrons. The van der Waals surface area contributed by atoms with Gasteiger partial charge in [0, 0.05) is 18.4 Å². The van der Waals surface area contributed by atoms with Crippen LogP contribution in [0, 0.1) is 0 Å². The Kier molecular flexibility index (Phi) is 4.19. The fourth-order valence-corrected chi connectivity index (χ4v) is 3.98. The molecule has 0 aliphatic carbocycles. The van der Waals surface area contributed by atoms with Crippen LogP contribution in [0.2, 0.25) is 0 Å². The molecule has 0 aromatic carbocycles. The highest BCUT2D eigenvalue weighted by molar-refractivity contribution is 7.91. The molecular formula is C14H17N5O2S. The molecule has 1 fully saturated rings. The lowest BCUT2D eigenvalue weighted by molar-refractivity contribution is 0.602. The van der Waals surface area contributed by atoms with E-state index in [1.54, 1.807) is 18.5 Å². The Morgan fingerprint density at radius 1 is 1.18 bits per heavy atom. The summed E-state index contributed by atoms with van der Waals surface area (Å²) in [4.78, 5) is 12.7. The van der Waals surface area contributed by atoms with Crippen LogP contribution in [0.15, 0.2) is 36.7 Å². The number of nitrogens with one attached hydrogen (secondary N) is 2. The van der Waals surface area contributed by atoms with Gasteiger partial charge in [0.1, 0.15) is 5.82 Å². The van der Waals surface area contributed by atoms with Crippen LogP contribution < -0.4 is 10.6 Å². The maximum Gasteiger partial charge on any atom is 0.224 e. The highest BCUT2D eigenvalue weighted by Crippen LogP contribution is 2.16. The van der Waals surface area contributed by atoms with E-state index in [1.165, 1.54) is 0 Å². The summed E-state index contributed by atoms with van der Waals surface area (Å²) in [5, 5.41) is 6.25. The van der Waals surface area contributed by atoms with Gasteiger partial charge in [0.25, 0.3) is 0 Å². The van der Waals surface area contributed by atoms with Crippen molar-refractivity contribution in [3.05, 3.63) is 42.4 Å². The molecule has 1 atom stereocenters. The predicted octanol–water partition coefficient (Wildman–Crippen LogP) is 1.08. The van der Waals surface area contributed by atoms with Gasteiger partial charge in [-0.15, -0.1) is 0 Å². The SMILES string of the molecule is O=S1(=O)CCC(Nc2nccc(NCc3ccccn3)n2)C1. The number of sulfone groups is 1. The first-order valence-electron chi connectivity index (χ1n) is 7.04. The smallest absolute Gasteiger partial charge is 0.224 e. The third kappa shape index (κ3) is 3.91. The number of pyridine rings is 1. The Labute approximate surface area is 129 Å². The summed E-state index contributed by atoms with van der Waals surface area (Å²) in [6.45, 7) is 0.565. The predicted molar refractivity (Wildman–Crippen MR) is 84.3 cm³/mol. The van der Waals surface area contributed by atoms with Crippen LogP contribution in [-0.4, -0.2) is 40.9 Å². The van der Waals surface area contributed by atoms with E-state index in [-0.39, 0.29) is 17.5 Å². The van der Waals surface area contributed by atoms with Crippen molar-refractivity contribution in [1.82, 2.24) is 15.0 Å². The third-order valence-electron chi connectivity index (χ3n) is 3.40. The van der Waals surface area contributed by atoms with Gasteiger partial charge in [-0.3, -0.25) is 4.98 Å². The van der Waals surface area contributed by atoms with Crippen LogP contribution in [-0.2, 0) is 16.4 Å². The molecule has 3 rings (SSSR count). The van der Waals surface area contributed by atoms with E-state index < -0.39 is 9.84 Å². The van der Waals surface area contributed by atoms with Crippen molar-refractivity contribution in [3.63, 3.8) is 0 Å². The molecular weight excluding hydrogens is 302 g/mol. The minimum Gasteiger partial charge on any atom is -0.364 e. The number of hydrogen-bond donors (Lipinski definition) is 2. The monoisotopic (exact) mass is 319 g/mol. The molecule has 7 nitrogen and oxygen atoms in total. The molecule has 1 saturated heterocycles. The largest absolute Gasteiger partial charge is 0.364 e. The maximum absolute atomic E-state index is 11.5. The van der Waals surface area contributed by atoms with Crippen molar-refractivity contribution in [1.29, 1.82) is 0 Å². The zero-order chi connectivity index (χ0) is 15.4. The average Bonchev–Trinajstić information content (AvgIpc) is 2.85. The number of rotatable bonds is 5. The molecule has 0 spiro atoms. The van der Waals surface area contributed by atoms with Crippen molar-refractivity contribution in [2.45, 2.75) is 19.0 Å². The Morgan fingerprint density at radius 2 is 2.09 bits per heavy atom. The van der Waals surface area contributed by atoms with Crippen LogP contribution in [0.4, 0.5) is 11.8 Å². The topological polar surface area (TPSA) is 96.9 Å². The summed E-state index contributed by atoms with van der Waals surface area (Å²) < 4.78 is 22.9. The molecule has 1 unspecified atom stereocenters. The lowest BCUT2D eigenvalue weighted by Gasteiger charge is -2.11. The summed E-state index contributed by atoms with van der Waals surface area (Å²) in [7, 11) is -2.91. The number of nitrogens with zero attached hydrogens (tertiary/aromatic N) is 3. The summed E-state index contributed by atoms with van der Waals surface area (Å²) in [6, 6.07) is 7.37. The molecule has 8 heteroatoms. The van der Waals surface area contributed by atoms with Gasteiger partial charge in [0.2, 0.25) is 5.95 Å². The summed E-state index contributed by atoms with van der Waals surface area (Å²) >= 11 is 0. The summed E-state index contributed by atoms with van der Waals surface area (Å²) in [5.41, 5.74) is 0.914. The van der Waals surface area contributed by atoms with Gasteiger partial charge in [-0.05, 0) is 24.6 Å². The molecule has 0 amide bonds. The highest BCUT2D eigenvalue weighted by Gasteiger charge is 2.28. The number of aromatic nitrogens is 3. The van der Waals surface area contributed by atoms with Gasteiger partial charge in [-0.2, -0.15) is 4.98 Å². The second kappa shape index (κ2) is 6.27. The van der Waals surface area contributed by atoms with E-state index >= 15 is 0 Å². The molecule has 1 aliphatic heterocycles. The number of anilines is 2. The second-order valence-electron chi connectivity index (χ2n) is 5.18. The fourth-order valence-electron chi connectivity index (χ4n) is 2.30. The highest BCUT2D eigenvalue weighted by atomic mass is 32.2. The van der Waals surface area contributed by atoms with E-state index in [2.05, 4.69) is 25.6 Å². The van der Waals surface area contributed by atoms with Crippen molar-refractivity contribution in [3.8, 4) is 0 Å². The average molecular weight is 319 g/mol. The van der Waals surface area contributed by atoms with Gasteiger partial charge in [0.05, 0.1) is 23.7 Å². The van der Waals surface area contributed by atoms with E-state index in [0.717, 1.165) is 5.69 Å². The first-order chi connectivity index (χ1) is 10.6. The Bertz CT molecular complexity index is 736. The van der Waals surface area contributed by atoms with Gasteiger partial charge < -0.3 is 10.6 Å². The molecule has 3 heterocycles. The molecule has 2 N–H and O–H groups in total. The zero-order valence-electron chi connectivity index (χ0n) is 11.9. The Morgan fingerprint density at radius 3 is 2.82 bits per heavy atom. The molecule has 0 bridgehead atoms. The van der Waals surface area contributed by atoms with Crippen LogP contribution in [0.1, 0.15) is 12.1 Å². The van der Waals surface area contributed by atoms with Crippen LogP contribution >= 0.6 is 0 Å². The minimum atomic E-state index is -2.91. The minimum absolute atomic E-state index is 0.115. The molecule has 22 heavy (non-hydrogen) atoms. The van der Waals surface area contributed by atoms with Crippen molar-refractivity contribution < 1.29 is 8.42 Å². The number of hydrogen-bond acceptors (Lipinski definition) is 7. The third-order valence-corrected chi connectivity index (χ3v) is 5.17. The Balaban J connectivity index is 1.60. The molecule has 116 valence electrons. The lowest BCUT2D eigenvalue weighted by Crippen LogP contribution is -2.22. The van der Waals surface area contributed by atoms with Gasteiger partial charge >= 0.3 is 0 Å². The van der Waals surface area contributed by atoms with Crippen LogP contribution in [0.3, 0.4) is 0 Å². The van der Waals surface area contributed by atoms with Gasteiger partial charge in [0.15, 0.2) is 9.84 Å². The second-order valence-corrected chi connectivity index (χ2v) is 7.41. The summed E-state index contributed by atoms with van der Waals surface area (Å²) in [5.74, 6) is 1.47. The molecule has 1 aliphatic rings. The Hall–Kier alpha value is -2.22. The van der Waals surface area contributed by atoms with Gasteiger partial charge in [-0.1, -0.05) is 6.07 Å². The van der Waals surface area contributed by atoms with E-state index in [0.29, 0.717) is 24.7 Å². The first-order valence-corrected chi connectivity index (χ1v) is 8.87. The van der Waals surface area contributed by atoms with Crippen molar-refractivity contribution in [2.24, 2.45) is 0 Å². The van der Waals surface area contributed by atoms with Crippen molar-refractivity contribution >= 4 is 21.6 Å². The maximum atomic E-state index is 11.5. The van der Waals surface area contributed by atoms with E-state index in [1.807, 2.05) is 18.2 Å². The summed E-state index contributed by atoms with van der Waals surface area (Å²) in [6.07, 6.45) is 3.97.